The van der Waals surface area contributed by atoms with Gasteiger partial charge in [0.25, 0.3) is 5.91 Å². The van der Waals surface area contributed by atoms with E-state index in [0.29, 0.717) is 5.69 Å². The number of hydroxylamine groups is 2. The summed E-state index contributed by atoms with van der Waals surface area (Å²) in [5, 5.41) is 7.63. The third-order valence-corrected chi connectivity index (χ3v) is 3.21. The van der Waals surface area contributed by atoms with Gasteiger partial charge < -0.3 is 14.8 Å². The molecule has 0 aliphatic rings. The van der Waals surface area contributed by atoms with Gasteiger partial charge in [0.15, 0.2) is 0 Å². The molecule has 0 bridgehead atoms. The van der Waals surface area contributed by atoms with Crippen LogP contribution < -0.4 is 5.32 Å². The number of rotatable bonds is 5. The van der Waals surface area contributed by atoms with Crippen molar-refractivity contribution >= 4 is 18.1 Å². The predicted molar refractivity (Wildman–Crippen MR) is 100 cm³/mol. The van der Waals surface area contributed by atoms with Crippen molar-refractivity contribution in [1.82, 2.24) is 20.2 Å². The maximum Gasteiger partial charge on any atom is 0.435 e. The number of nitrogens with zero attached hydrogens (tertiary/aromatic N) is 3. The molecule has 1 atom stereocenters. The topological polar surface area (TPSA) is 112 Å². The molecular formula is C18H30N4O6. The molecule has 0 saturated heterocycles. The van der Waals surface area contributed by atoms with Gasteiger partial charge in [-0.25, -0.2) is 14.7 Å². The largest absolute Gasteiger partial charge is 0.444 e. The van der Waals surface area contributed by atoms with Gasteiger partial charge >= 0.3 is 12.2 Å². The SMILES string of the molecule is CON(C)C(=O)C(Cc1ccn(C(=O)OC(C)(C)C)n1)NC(=O)OC(C)(C)C. The molecule has 2 amide bonds. The summed E-state index contributed by atoms with van der Waals surface area (Å²) in [4.78, 5) is 41.6. The third-order valence-electron chi connectivity index (χ3n) is 3.21. The van der Waals surface area contributed by atoms with Crippen molar-refractivity contribution in [1.29, 1.82) is 0 Å². The molecule has 0 aliphatic carbocycles. The molecule has 158 valence electrons. The van der Waals surface area contributed by atoms with Gasteiger partial charge in [-0.2, -0.15) is 9.78 Å². The molecule has 0 spiro atoms. The second-order valence-electron chi connectivity index (χ2n) is 8.15. The van der Waals surface area contributed by atoms with Crippen LogP contribution in [0.4, 0.5) is 9.59 Å². The molecule has 0 saturated carbocycles. The standard InChI is InChI=1S/C18H30N4O6/c1-17(2,3)27-15(24)19-13(14(23)21(7)26-8)11-12-9-10-22(20-12)16(25)28-18(4,5)6/h9-10,13H,11H2,1-8H3,(H,19,24). The second-order valence-corrected chi connectivity index (χ2v) is 8.15. The van der Waals surface area contributed by atoms with E-state index in [1.54, 1.807) is 47.6 Å². The maximum absolute atomic E-state index is 12.5. The van der Waals surface area contributed by atoms with Gasteiger partial charge in [-0.3, -0.25) is 9.63 Å². The highest BCUT2D eigenvalue weighted by Gasteiger charge is 2.28. The number of ether oxygens (including phenoxy) is 2. The van der Waals surface area contributed by atoms with E-state index in [1.807, 2.05) is 0 Å². The third kappa shape index (κ3) is 7.95. The van der Waals surface area contributed by atoms with E-state index in [0.717, 1.165) is 9.75 Å². The lowest BCUT2D eigenvalue weighted by molar-refractivity contribution is -0.171. The van der Waals surface area contributed by atoms with Crippen LogP contribution in [0, 0.1) is 0 Å². The highest BCUT2D eigenvalue weighted by Crippen LogP contribution is 2.11. The Kier molecular flexibility index (Phi) is 7.57. The zero-order valence-corrected chi connectivity index (χ0v) is 17.7. The summed E-state index contributed by atoms with van der Waals surface area (Å²) in [7, 11) is 2.76. The highest BCUT2D eigenvalue weighted by atomic mass is 16.7. The van der Waals surface area contributed by atoms with Crippen molar-refractivity contribution in [2.75, 3.05) is 14.2 Å². The van der Waals surface area contributed by atoms with E-state index in [9.17, 15) is 14.4 Å². The zero-order chi connectivity index (χ0) is 21.7. The molecule has 0 fully saturated rings. The molecule has 10 heteroatoms. The molecule has 1 N–H and O–H groups in total. The van der Waals surface area contributed by atoms with Gasteiger partial charge in [0.1, 0.15) is 17.2 Å². The number of carbonyl (C=O) groups excluding carboxylic acids is 3. The molecule has 0 radical (unpaired) electrons. The molecule has 1 heterocycles. The highest BCUT2D eigenvalue weighted by molar-refractivity contribution is 5.85. The summed E-state index contributed by atoms with van der Waals surface area (Å²) < 4.78 is 11.5. The van der Waals surface area contributed by atoms with Gasteiger partial charge in [-0.05, 0) is 47.6 Å². The number of nitrogens with one attached hydrogen (secondary N) is 1. The van der Waals surface area contributed by atoms with Gasteiger partial charge in [-0.15, -0.1) is 0 Å². The fourth-order valence-corrected chi connectivity index (χ4v) is 2.05. The quantitative estimate of drug-likeness (QED) is 0.756. The van der Waals surface area contributed by atoms with Gasteiger partial charge in [0, 0.05) is 19.7 Å². The van der Waals surface area contributed by atoms with Crippen LogP contribution in [0.15, 0.2) is 12.3 Å². The van der Waals surface area contributed by atoms with E-state index in [1.165, 1.54) is 20.4 Å². The number of carbonyl (C=O) groups is 3. The van der Waals surface area contributed by atoms with Crippen molar-refractivity contribution in [3.8, 4) is 0 Å². The van der Waals surface area contributed by atoms with Crippen LogP contribution >= 0.6 is 0 Å². The summed E-state index contributed by atoms with van der Waals surface area (Å²) in [5.74, 6) is -0.500. The number of hydrogen-bond donors (Lipinski definition) is 1. The number of hydrogen-bond acceptors (Lipinski definition) is 7. The first-order valence-electron chi connectivity index (χ1n) is 8.81. The molecule has 1 aromatic heterocycles. The number of likely N-dealkylation sites (N-methyl/N-ethyl adjacent to an activating group) is 1. The average molecular weight is 398 g/mol. The summed E-state index contributed by atoms with van der Waals surface area (Å²) in [5.41, 5.74) is -0.977. The zero-order valence-electron chi connectivity index (χ0n) is 17.7. The van der Waals surface area contributed by atoms with Crippen molar-refractivity contribution in [3.63, 3.8) is 0 Å². The van der Waals surface area contributed by atoms with E-state index in [2.05, 4.69) is 10.4 Å². The Balaban J connectivity index is 2.93. The maximum atomic E-state index is 12.5. The first-order valence-corrected chi connectivity index (χ1v) is 8.81. The van der Waals surface area contributed by atoms with Gasteiger partial charge in [0.05, 0.1) is 12.8 Å². The number of alkyl carbamates (subject to hydrolysis) is 1. The first kappa shape index (κ1) is 23.4. The van der Waals surface area contributed by atoms with Gasteiger partial charge in [0.2, 0.25) is 0 Å². The molecule has 0 aliphatic heterocycles. The van der Waals surface area contributed by atoms with Crippen LogP contribution in [0.25, 0.3) is 0 Å². The molecular weight excluding hydrogens is 368 g/mol. The van der Waals surface area contributed by atoms with Crippen LogP contribution in [0.2, 0.25) is 0 Å². The summed E-state index contributed by atoms with van der Waals surface area (Å²) in [6.45, 7) is 10.4. The fraction of sp³-hybridized carbons (Fsp3) is 0.667. The number of aromatic nitrogens is 2. The van der Waals surface area contributed by atoms with E-state index in [4.69, 9.17) is 14.3 Å². The monoisotopic (exact) mass is 398 g/mol. The van der Waals surface area contributed by atoms with Crippen LogP contribution in [0.5, 0.6) is 0 Å². The van der Waals surface area contributed by atoms with Crippen molar-refractivity contribution in [3.05, 3.63) is 18.0 Å². The van der Waals surface area contributed by atoms with Gasteiger partial charge in [-0.1, -0.05) is 0 Å². The predicted octanol–water partition coefficient (Wildman–Crippen LogP) is 2.12. The summed E-state index contributed by atoms with van der Waals surface area (Å²) in [6, 6.07) is 0.565. The van der Waals surface area contributed by atoms with E-state index >= 15 is 0 Å². The minimum absolute atomic E-state index is 0.0293. The lowest BCUT2D eigenvalue weighted by Gasteiger charge is -2.25. The molecule has 28 heavy (non-hydrogen) atoms. The van der Waals surface area contributed by atoms with Crippen molar-refractivity contribution in [2.45, 2.75) is 65.2 Å². The van der Waals surface area contributed by atoms with Crippen LogP contribution in [0.3, 0.4) is 0 Å². The Morgan fingerprint density at radius 3 is 2.21 bits per heavy atom. The molecule has 1 rings (SSSR count). The van der Waals surface area contributed by atoms with E-state index in [-0.39, 0.29) is 6.42 Å². The van der Waals surface area contributed by atoms with Crippen LogP contribution in [0.1, 0.15) is 47.2 Å². The lowest BCUT2D eigenvalue weighted by Crippen LogP contribution is -2.49. The van der Waals surface area contributed by atoms with Crippen LogP contribution in [-0.4, -0.2) is 64.3 Å². The smallest absolute Gasteiger partial charge is 0.435 e. The molecule has 1 aromatic rings. The second kappa shape index (κ2) is 9.05. The fourth-order valence-electron chi connectivity index (χ4n) is 2.05. The van der Waals surface area contributed by atoms with E-state index < -0.39 is 35.3 Å². The lowest BCUT2D eigenvalue weighted by atomic mass is 10.1. The summed E-state index contributed by atoms with van der Waals surface area (Å²) in [6.07, 6.45) is 0.0673. The molecule has 0 aromatic carbocycles. The Labute approximate surface area is 165 Å². The minimum Gasteiger partial charge on any atom is -0.444 e. The molecule has 10 nitrogen and oxygen atoms in total. The van der Waals surface area contributed by atoms with Crippen molar-refractivity contribution in [2.24, 2.45) is 0 Å². The average Bonchev–Trinajstić information content (AvgIpc) is 2.98. The first-order chi connectivity index (χ1) is 12.7. The van der Waals surface area contributed by atoms with Crippen LogP contribution in [-0.2, 0) is 25.5 Å². The van der Waals surface area contributed by atoms with Crippen molar-refractivity contribution < 1.29 is 28.7 Å². The Morgan fingerprint density at radius 2 is 1.71 bits per heavy atom. The number of amides is 2. The Bertz CT molecular complexity index is 702. The normalized spacial score (nSPS) is 12.9. The Hall–Kier alpha value is -2.62. The summed E-state index contributed by atoms with van der Waals surface area (Å²) >= 11 is 0. The Morgan fingerprint density at radius 1 is 1.14 bits per heavy atom. The molecule has 1 unspecified atom stereocenters. The minimum atomic E-state index is -0.998.